The molecule has 2 N–H and O–H groups in total. The number of nitro groups is 1. The number of hydrogen-bond donors (Lipinski definition) is 2. The lowest BCUT2D eigenvalue weighted by Gasteiger charge is -2.12. The second-order valence-electron chi connectivity index (χ2n) is 6.12. The predicted molar refractivity (Wildman–Crippen MR) is 102 cm³/mol. The van der Waals surface area contributed by atoms with Crippen LogP contribution in [0.3, 0.4) is 0 Å². The fraction of sp³-hybridized carbons (Fsp3) is 0.278. The zero-order valence-corrected chi connectivity index (χ0v) is 16.0. The zero-order valence-electron chi connectivity index (χ0n) is 15.2. The van der Waals surface area contributed by atoms with Crippen molar-refractivity contribution in [1.82, 2.24) is 4.72 Å². The smallest absolute Gasteiger partial charge is 0.274 e. The molecule has 8 nitrogen and oxygen atoms in total. The third-order valence-corrected chi connectivity index (χ3v) is 5.75. The number of carbonyl (C=O) groups is 1. The molecule has 0 aliphatic rings. The topological polar surface area (TPSA) is 118 Å². The number of anilines is 1. The Bertz CT molecular complexity index is 955. The van der Waals surface area contributed by atoms with Crippen molar-refractivity contribution in [3.05, 3.63) is 63.7 Å². The highest BCUT2D eigenvalue weighted by Crippen LogP contribution is 2.25. The van der Waals surface area contributed by atoms with Gasteiger partial charge in [0.1, 0.15) is 0 Å². The second-order valence-corrected chi connectivity index (χ2v) is 7.83. The van der Waals surface area contributed by atoms with Gasteiger partial charge in [-0.25, -0.2) is 13.1 Å². The Kier molecular flexibility index (Phi) is 6.29. The molecule has 0 aliphatic carbocycles. The molecule has 2 aromatic carbocycles. The van der Waals surface area contributed by atoms with Gasteiger partial charge in [0.2, 0.25) is 10.0 Å². The quantitative estimate of drug-likeness (QED) is 0.555. The molecule has 144 valence electrons. The fourth-order valence-corrected chi connectivity index (χ4v) is 3.68. The van der Waals surface area contributed by atoms with E-state index < -0.39 is 20.9 Å². The van der Waals surface area contributed by atoms with Crippen LogP contribution in [0, 0.1) is 17.0 Å². The van der Waals surface area contributed by atoms with Gasteiger partial charge in [-0.05, 0) is 50.6 Å². The van der Waals surface area contributed by atoms with Crippen LogP contribution in [0.5, 0.6) is 0 Å². The zero-order chi connectivity index (χ0) is 20.2. The molecule has 0 aliphatic heterocycles. The van der Waals surface area contributed by atoms with E-state index in [-0.39, 0.29) is 22.2 Å². The number of nitro benzene ring substituents is 1. The lowest BCUT2D eigenvalue weighted by molar-refractivity contribution is -0.385. The molecule has 0 aromatic heterocycles. The molecule has 0 heterocycles. The summed E-state index contributed by atoms with van der Waals surface area (Å²) in [5.41, 5.74) is 0.811. The van der Waals surface area contributed by atoms with Gasteiger partial charge < -0.3 is 5.32 Å². The van der Waals surface area contributed by atoms with E-state index in [1.54, 1.807) is 19.9 Å². The van der Waals surface area contributed by atoms with Gasteiger partial charge in [0, 0.05) is 17.7 Å². The Morgan fingerprint density at radius 1 is 1.19 bits per heavy atom. The van der Waals surface area contributed by atoms with Crippen molar-refractivity contribution in [1.29, 1.82) is 0 Å². The first-order valence-electron chi connectivity index (χ1n) is 8.33. The Balaban J connectivity index is 2.20. The minimum atomic E-state index is -3.65. The summed E-state index contributed by atoms with van der Waals surface area (Å²) in [4.78, 5) is 22.9. The first-order valence-corrected chi connectivity index (χ1v) is 9.81. The van der Waals surface area contributed by atoms with Crippen LogP contribution >= 0.6 is 0 Å². The van der Waals surface area contributed by atoms with Crippen LogP contribution in [-0.2, 0) is 10.0 Å². The average Bonchev–Trinajstić information content (AvgIpc) is 2.62. The van der Waals surface area contributed by atoms with Crippen molar-refractivity contribution < 1.29 is 18.1 Å². The van der Waals surface area contributed by atoms with Crippen molar-refractivity contribution in [2.24, 2.45) is 0 Å². The highest BCUT2D eigenvalue weighted by atomic mass is 32.2. The monoisotopic (exact) mass is 391 g/mol. The normalized spacial score (nSPS) is 12.4. The molecule has 0 spiro atoms. The molecule has 1 atom stereocenters. The lowest BCUT2D eigenvalue weighted by Crippen LogP contribution is -2.32. The largest absolute Gasteiger partial charge is 0.321 e. The number of nitrogens with zero attached hydrogens (tertiary/aromatic N) is 1. The molecule has 0 radical (unpaired) electrons. The highest BCUT2D eigenvalue weighted by molar-refractivity contribution is 7.89. The molecular weight excluding hydrogens is 370 g/mol. The molecule has 0 saturated heterocycles. The lowest BCUT2D eigenvalue weighted by atomic mass is 10.1. The number of nitrogens with one attached hydrogen (secondary N) is 2. The third kappa shape index (κ3) is 4.89. The first kappa shape index (κ1) is 20.5. The standard InChI is InChI=1S/C18H21N3O5S/c1-4-12(2)20-27(25,26)15-10-8-14(9-11-15)18(22)19-16-6-5-7-17(13(16)3)21(23)24/h5-12,20H,4H2,1-3H3,(H,19,22). The van der Waals surface area contributed by atoms with Crippen molar-refractivity contribution >= 4 is 27.3 Å². The summed E-state index contributed by atoms with van der Waals surface area (Å²) in [7, 11) is -3.65. The molecule has 9 heteroatoms. The average molecular weight is 391 g/mol. The Hall–Kier alpha value is -2.78. The summed E-state index contributed by atoms with van der Waals surface area (Å²) in [5.74, 6) is -0.488. The summed E-state index contributed by atoms with van der Waals surface area (Å²) < 4.78 is 27.0. The second kappa shape index (κ2) is 8.28. The van der Waals surface area contributed by atoms with E-state index in [9.17, 15) is 23.3 Å². The Morgan fingerprint density at radius 2 is 1.81 bits per heavy atom. The van der Waals surface area contributed by atoms with Gasteiger partial charge in [0.15, 0.2) is 0 Å². The molecule has 1 amide bonds. The number of rotatable bonds is 7. The minimum absolute atomic E-state index is 0.0610. The van der Waals surface area contributed by atoms with Crippen molar-refractivity contribution in [3.63, 3.8) is 0 Å². The van der Waals surface area contributed by atoms with Gasteiger partial charge in [-0.1, -0.05) is 13.0 Å². The van der Waals surface area contributed by atoms with Gasteiger partial charge in [-0.15, -0.1) is 0 Å². The van der Waals surface area contributed by atoms with Gasteiger partial charge in [0.25, 0.3) is 11.6 Å². The van der Waals surface area contributed by atoms with E-state index in [4.69, 9.17) is 0 Å². The maximum Gasteiger partial charge on any atom is 0.274 e. The van der Waals surface area contributed by atoms with Crippen LogP contribution in [0.1, 0.15) is 36.2 Å². The predicted octanol–water partition coefficient (Wildman–Crippen LogP) is 3.23. The maximum atomic E-state index is 12.4. The van der Waals surface area contributed by atoms with E-state index in [0.29, 0.717) is 17.7 Å². The summed E-state index contributed by atoms with van der Waals surface area (Å²) >= 11 is 0. The SMILES string of the molecule is CCC(C)NS(=O)(=O)c1ccc(C(=O)Nc2cccc([N+](=O)[O-])c2C)cc1. The highest BCUT2D eigenvalue weighted by Gasteiger charge is 2.18. The van der Waals surface area contributed by atoms with E-state index in [1.807, 2.05) is 6.92 Å². The molecule has 2 rings (SSSR count). The minimum Gasteiger partial charge on any atom is -0.321 e. The number of benzene rings is 2. The first-order chi connectivity index (χ1) is 12.7. The van der Waals surface area contributed by atoms with E-state index in [2.05, 4.69) is 10.0 Å². The number of amides is 1. The maximum absolute atomic E-state index is 12.4. The molecule has 27 heavy (non-hydrogen) atoms. The molecule has 1 unspecified atom stereocenters. The van der Waals surface area contributed by atoms with Crippen molar-refractivity contribution in [3.8, 4) is 0 Å². The van der Waals surface area contributed by atoms with Crippen LogP contribution in [0.25, 0.3) is 0 Å². The summed E-state index contributed by atoms with van der Waals surface area (Å²) in [5, 5.41) is 13.6. The molecular formula is C18H21N3O5S. The fourth-order valence-electron chi connectivity index (χ4n) is 2.35. The Morgan fingerprint density at radius 3 is 2.37 bits per heavy atom. The number of carbonyl (C=O) groups excluding carboxylic acids is 1. The molecule has 0 saturated carbocycles. The van der Waals surface area contributed by atoms with Crippen LogP contribution in [0.4, 0.5) is 11.4 Å². The van der Waals surface area contributed by atoms with Gasteiger partial charge in [0.05, 0.1) is 21.1 Å². The van der Waals surface area contributed by atoms with Crippen molar-refractivity contribution in [2.45, 2.75) is 38.1 Å². The van der Waals surface area contributed by atoms with Crippen molar-refractivity contribution in [2.75, 3.05) is 5.32 Å². The molecule has 0 fully saturated rings. The van der Waals surface area contributed by atoms with Crippen LogP contribution in [0.15, 0.2) is 47.4 Å². The summed E-state index contributed by atoms with van der Waals surface area (Å²) in [6, 6.07) is 9.69. The van der Waals surface area contributed by atoms with E-state index in [1.165, 1.54) is 36.4 Å². The molecule has 2 aromatic rings. The molecule has 0 bridgehead atoms. The number of hydrogen-bond acceptors (Lipinski definition) is 5. The summed E-state index contributed by atoms with van der Waals surface area (Å²) in [6.07, 6.45) is 0.655. The van der Waals surface area contributed by atoms with Gasteiger partial charge in [-0.3, -0.25) is 14.9 Å². The Labute approximate surface area is 157 Å². The number of sulfonamides is 1. The van der Waals surface area contributed by atoms with E-state index >= 15 is 0 Å². The van der Waals surface area contributed by atoms with Crippen LogP contribution in [-0.4, -0.2) is 25.3 Å². The summed E-state index contributed by atoms with van der Waals surface area (Å²) in [6.45, 7) is 5.18. The third-order valence-electron chi connectivity index (χ3n) is 4.15. The van der Waals surface area contributed by atoms with E-state index in [0.717, 1.165) is 0 Å². The van der Waals surface area contributed by atoms with Crippen LogP contribution < -0.4 is 10.0 Å². The van der Waals surface area contributed by atoms with Gasteiger partial charge in [-0.2, -0.15) is 0 Å². The van der Waals surface area contributed by atoms with Gasteiger partial charge >= 0.3 is 0 Å². The van der Waals surface area contributed by atoms with Crippen LogP contribution in [0.2, 0.25) is 0 Å².